The Kier molecular flexibility index (Phi) is 3.69. The highest BCUT2D eigenvalue weighted by molar-refractivity contribution is 7.09. The van der Waals surface area contributed by atoms with Crippen LogP contribution in [0.25, 0.3) is 0 Å². The smallest absolute Gasteiger partial charge is 0.0936 e. The van der Waals surface area contributed by atoms with E-state index in [-0.39, 0.29) is 18.8 Å². The largest absolute Gasteiger partial charge is 0.394 e. The van der Waals surface area contributed by atoms with E-state index >= 15 is 0 Å². The van der Waals surface area contributed by atoms with Crippen LogP contribution in [-0.2, 0) is 11.3 Å². The molecule has 4 nitrogen and oxygen atoms in total. The first-order valence-corrected chi connectivity index (χ1v) is 6.02. The lowest BCUT2D eigenvalue weighted by molar-refractivity contribution is -0.0970. The molecule has 5 heteroatoms. The first-order chi connectivity index (χ1) is 7.28. The summed E-state index contributed by atoms with van der Waals surface area (Å²) >= 11 is 1.67. The molecule has 1 aliphatic heterocycles. The highest BCUT2D eigenvalue weighted by atomic mass is 32.1. The number of morpholine rings is 1. The van der Waals surface area contributed by atoms with Crippen LogP contribution < -0.4 is 0 Å². The van der Waals surface area contributed by atoms with Gasteiger partial charge in [0.25, 0.3) is 0 Å². The summed E-state index contributed by atoms with van der Waals surface area (Å²) in [4.78, 5) is 7.63. The summed E-state index contributed by atoms with van der Waals surface area (Å²) in [5.74, 6) is 0. The van der Waals surface area contributed by atoms with Gasteiger partial charge < -0.3 is 9.84 Å². The molecule has 2 atom stereocenters. The predicted octanol–water partition coefficient (Wildman–Crippen LogP) is 0.725. The molecule has 0 spiro atoms. The summed E-state index contributed by atoms with van der Waals surface area (Å²) < 4.78 is 5.58. The molecule has 2 heterocycles. The van der Waals surface area contributed by atoms with Crippen molar-refractivity contribution in [3.8, 4) is 0 Å². The maximum atomic E-state index is 9.09. The lowest BCUT2D eigenvalue weighted by atomic mass is 10.2. The fourth-order valence-electron chi connectivity index (χ4n) is 1.91. The van der Waals surface area contributed by atoms with Crippen molar-refractivity contribution in [2.75, 3.05) is 19.7 Å². The molecule has 0 aliphatic carbocycles. The third-order valence-electron chi connectivity index (χ3n) is 2.47. The average molecular weight is 228 g/mol. The zero-order valence-electron chi connectivity index (χ0n) is 8.80. The first-order valence-electron chi connectivity index (χ1n) is 5.14. The number of aliphatic hydroxyl groups excluding tert-OH is 1. The van der Waals surface area contributed by atoms with Crippen LogP contribution in [0, 0.1) is 0 Å². The summed E-state index contributed by atoms with van der Waals surface area (Å²) in [5.41, 5.74) is 1.85. The Hall–Kier alpha value is -0.490. The number of hydrogen-bond acceptors (Lipinski definition) is 5. The molecule has 0 radical (unpaired) electrons. The minimum Gasteiger partial charge on any atom is -0.394 e. The van der Waals surface area contributed by atoms with E-state index in [9.17, 15) is 0 Å². The maximum absolute atomic E-state index is 9.09. The zero-order chi connectivity index (χ0) is 10.7. The second-order valence-electron chi connectivity index (χ2n) is 3.91. The Bertz CT molecular complexity index is 292. The van der Waals surface area contributed by atoms with Crippen molar-refractivity contribution < 1.29 is 9.84 Å². The number of thiazole rings is 1. The molecule has 0 bridgehead atoms. The molecule has 84 valence electrons. The molecule has 1 N–H and O–H groups in total. The van der Waals surface area contributed by atoms with Gasteiger partial charge in [-0.05, 0) is 6.92 Å². The SMILES string of the molecule is CC1CN(Cc2cncs2)CC(CO)O1. The van der Waals surface area contributed by atoms with E-state index < -0.39 is 0 Å². The van der Waals surface area contributed by atoms with Gasteiger partial charge in [-0.25, -0.2) is 0 Å². The van der Waals surface area contributed by atoms with Crippen molar-refractivity contribution in [1.29, 1.82) is 0 Å². The second kappa shape index (κ2) is 5.03. The molecule has 2 rings (SSSR count). The molecule has 1 aromatic heterocycles. The Labute approximate surface area is 93.5 Å². The molecule has 0 saturated carbocycles. The highest BCUT2D eigenvalue weighted by Crippen LogP contribution is 2.15. The number of rotatable bonds is 3. The van der Waals surface area contributed by atoms with Crippen LogP contribution in [0.1, 0.15) is 11.8 Å². The molecule has 1 fully saturated rings. The molecular weight excluding hydrogens is 212 g/mol. The van der Waals surface area contributed by atoms with Crippen LogP contribution in [0.5, 0.6) is 0 Å². The summed E-state index contributed by atoms with van der Waals surface area (Å²) in [6, 6.07) is 0. The van der Waals surface area contributed by atoms with Gasteiger partial charge in [0.2, 0.25) is 0 Å². The van der Waals surface area contributed by atoms with Crippen LogP contribution in [-0.4, -0.2) is 46.9 Å². The van der Waals surface area contributed by atoms with Gasteiger partial charge in [0, 0.05) is 30.7 Å². The van der Waals surface area contributed by atoms with E-state index in [0.717, 1.165) is 19.6 Å². The minimum absolute atomic E-state index is 0.0401. The number of aromatic nitrogens is 1. The van der Waals surface area contributed by atoms with Crippen LogP contribution in [0.2, 0.25) is 0 Å². The van der Waals surface area contributed by atoms with E-state index in [0.29, 0.717) is 0 Å². The van der Waals surface area contributed by atoms with Crippen molar-refractivity contribution >= 4 is 11.3 Å². The van der Waals surface area contributed by atoms with E-state index in [1.54, 1.807) is 11.3 Å². The maximum Gasteiger partial charge on any atom is 0.0936 e. The minimum atomic E-state index is -0.0401. The van der Waals surface area contributed by atoms with Crippen LogP contribution >= 0.6 is 11.3 Å². The standard InChI is InChI=1S/C10H16N2O2S/c1-8-3-12(4-9(6-13)14-8)5-10-2-11-7-15-10/h2,7-9,13H,3-6H2,1H3. The number of aliphatic hydroxyl groups is 1. The zero-order valence-corrected chi connectivity index (χ0v) is 9.61. The van der Waals surface area contributed by atoms with Gasteiger partial charge in [-0.2, -0.15) is 0 Å². The van der Waals surface area contributed by atoms with E-state index in [2.05, 4.69) is 9.88 Å². The van der Waals surface area contributed by atoms with E-state index in [1.165, 1.54) is 4.88 Å². The van der Waals surface area contributed by atoms with Gasteiger partial charge in [0.1, 0.15) is 0 Å². The molecule has 2 unspecified atom stereocenters. The number of nitrogens with zero attached hydrogens (tertiary/aromatic N) is 2. The molecule has 0 aromatic carbocycles. The summed E-state index contributed by atoms with van der Waals surface area (Å²) in [6.07, 6.45) is 2.06. The summed E-state index contributed by atoms with van der Waals surface area (Å²) in [6.45, 7) is 4.78. The van der Waals surface area contributed by atoms with Crippen molar-refractivity contribution in [3.05, 3.63) is 16.6 Å². The lowest BCUT2D eigenvalue weighted by Gasteiger charge is -2.35. The monoisotopic (exact) mass is 228 g/mol. The summed E-state index contributed by atoms with van der Waals surface area (Å²) in [7, 11) is 0. The van der Waals surface area contributed by atoms with Gasteiger partial charge in [-0.15, -0.1) is 11.3 Å². The molecule has 1 saturated heterocycles. The van der Waals surface area contributed by atoms with Crippen LogP contribution in [0.15, 0.2) is 11.7 Å². The molecule has 15 heavy (non-hydrogen) atoms. The quantitative estimate of drug-likeness (QED) is 0.828. The van der Waals surface area contributed by atoms with E-state index in [4.69, 9.17) is 9.84 Å². The third-order valence-corrected chi connectivity index (χ3v) is 3.23. The van der Waals surface area contributed by atoms with Gasteiger partial charge in [-0.1, -0.05) is 0 Å². The normalized spacial score (nSPS) is 28.1. The van der Waals surface area contributed by atoms with Crippen LogP contribution in [0.4, 0.5) is 0 Å². The Morgan fingerprint density at radius 3 is 3.20 bits per heavy atom. The average Bonchev–Trinajstić information content (AvgIpc) is 2.69. The first kappa shape index (κ1) is 11.0. The number of hydrogen-bond donors (Lipinski definition) is 1. The van der Waals surface area contributed by atoms with Crippen LogP contribution in [0.3, 0.4) is 0 Å². The lowest BCUT2D eigenvalue weighted by Crippen LogP contribution is -2.47. The van der Waals surface area contributed by atoms with Crippen molar-refractivity contribution in [1.82, 2.24) is 9.88 Å². The Morgan fingerprint density at radius 1 is 1.67 bits per heavy atom. The Balaban J connectivity index is 1.91. The highest BCUT2D eigenvalue weighted by Gasteiger charge is 2.24. The van der Waals surface area contributed by atoms with Gasteiger partial charge in [0.05, 0.1) is 24.3 Å². The fourth-order valence-corrected chi connectivity index (χ4v) is 2.55. The van der Waals surface area contributed by atoms with Crippen molar-refractivity contribution in [2.45, 2.75) is 25.7 Å². The fraction of sp³-hybridized carbons (Fsp3) is 0.700. The van der Waals surface area contributed by atoms with Crippen molar-refractivity contribution in [2.24, 2.45) is 0 Å². The van der Waals surface area contributed by atoms with Crippen molar-refractivity contribution in [3.63, 3.8) is 0 Å². The molecule has 1 aliphatic rings. The summed E-state index contributed by atoms with van der Waals surface area (Å²) in [5, 5.41) is 9.09. The molecular formula is C10H16N2O2S. The van der Waals surface area contributed by atoms with Gasteiger partial charge in [0.15, 0.2) is 0 Å². The third kappa shape index (κ3) is 2.98. The second-order valence-corrected chi connectivity index (χ2v) is 4.88. The van der Waals surface area contributed by atoms with Gasteiger partial charge in [-0.3, -0.25) is 9.88 Å². The molecule has 1 aromatic rings. The molecule has 0 amide bonds. The van der Waals surface area contributed by atoms with E-state index in [1.807, 2.05) is 18.6 Å². The number of ether oxygens (including phenoxy) is 1. The predicted molar refractivity (Wildman–Crippen MR) is 58.8 cm³/mol. The topological polar surface area (TPSA) is 45.6 Å². The Morgan fingerprint density at radius 2 is 2.53 bits per heavy atom. The van der Waals surface area contributed by atoms with Gasteiger partial charge >= 0.3 is 0 Å².